The van der Waals surface area contributed by atoms with E-state index >= 15 is 0 Å². The zero-order valence-electron chi connectivity index (χ0n) is 10.2. The van der Waals surface area contributed by atoms with Gasteiger partial charge in [0.15, 0.2) is 0 Å². The summed E-state index contributed by atoms with van der Waals surface area (Å²) in [5.74, 6) is -0.0208. The van der Waals surface area contributed by atoms with Crippen LogP contribution in [0.4, 0.5) is 5.69 Å². The van der Waals surface area contributed by atoms with Gasteiger partial charge in [-0.2, -0.15) is 0 Å². The molecule has 1 atom stereocenters. The van der Waals surface area contributed by atoms with Crippen LogP contribution < -0.4 is 10.5 Å². The predicted octanol–water partition coefficient (Wildman–Crippen LogP) is 1.33. The molecule has 18 heavy (non-hydrogen) atoms. The zero-order chi connectivity index (χ0) is 13.9. The van der Waals surface area contributed by atoms with Gasteiger partial charge in [0.25, 0.3) is 0 Å². The molecule has 1 aromatic carbocycles. The molecule has 0 aliphatic rings. The lowest BCUT2D eigenvalue weighted by molar-refractivity contribution is 0.129. The van der Waals surface area contributed by atoms with Gasteiger partial charge >= 0.3 is 0 Å². The summed E-state index contributed by atoms with van der Waals surface area (Å²) < 4.78 is 27.0. The van der Waals surface area contributed by atoms with Crippen LogP contribution in [-0.2, 0) is 10.0 Å². The number of benzene rings is 1. The number of nitrogen functional groups attached to an aromatic ring is 1. The molecule has 0 aromatic heterocycles. The summed E-state index contributed by atoms with van der Waals surface area (Å²) in [6.07, 6.45) is -0.729. The Bertz CT molecular complexity index is 517. The van der Waals surface area contributed by atoms with Crippen molar-refractivity contribution < 1.29 is 13.5 Å². The van der Waals surface area contributed by atoms with Crippen molar-refractivity contribution in [2.24, 2.45) is 5.92 Å². The second kappa shape index (κ2) is 6.01. The molecule has 0 spiro atoms. The molecular weight excluding hydrogens is 320 g/mol. The van der Waals surface area contributed by atoms with Gasteiger partial charge in [0, 0.05) is 11.0 Å². The van der Waals surface area contributed by atoms with Crippen molar-refractivity contribution in [3.8, 4) is 0 Å². The van der Waals surface area contributed by atoms with Crippen molar-refractivity contribution in [1.82, 2.24) is 4.72 Å². The highest BCUT2D eigenvalue weighted by atomic mass is 79.9. The number of aliphatic hydroxyl groups excluding tert-OH is 1. The minimum atomic E-state index is -3.71. The Kier molecular flexibility index (Phi) is 5.15. The van der Waals surface area contributed by atoms with Crippen LogP contribution >= 0.6 is 15.9 Å². The fourth-order valence-electron chi connectivity index (χ4n) is 1.25. The van der Waals surface area contributed by atoms with Crippen molar-refractivity contribution in [3.05, 3.63) is 22.7 Å². The molecule has 0 aliphatic heterocycles. The third-order valence-electron chi connectivity index (χ3n) is 2.52. The lowest BCUT2D eigenvalue weighted by Crippen LogP contribution is -2.35. The van der Waals surface area contributed by atoms with E-state index in [2.05, 4.69) is 20.7 Å². The molecular formula is C11H17BrN2O3S. The molecule has 0 amide bonds. The largest absolute Gasteiger partial charge is 0.398 e. The van der Waals surface area contributed by atoms with E-state index in [1.807, 2.05) is 13.8 Å². The SMILES string of the molecule is CC(C)C(O)CNS(=O)(=O)c1cc(Br)ccc1N. The van der Waals surface area contributed by atoms with Gasteiger partial charge in [0.1, 0.15) is 4.90 Å². The lowest BCUT2D eigenvalue weighted by Gasteiger charge is -2.16. The monoisotopic (exact) mass is 336 g/mol. The van der Waals surface area contributed by atoms with Crippen molar-refractivity contribution in [1.29, 1.82) is 0 Å². The zero-order valence-corrected chi connectivity index (χ0v) is 12.6. The molecule has 7 heteroatoms. The number of aliphatic hydroxyl groups is 1. The van der Waals surface area contributed by atoms with Gasteiger partial charge in [-0.1, -0.05) is 29.8 Å². The smallest absolute Gasteiger partial charge is 0.242 e. The number of anilines is 1. The fraction of sp³-hybridized carbons (Fsp3) is 0.455. The Morgan fingerprint density at radius 2 is 2.06 bits per heavy atom. The van der Waals surface area contributed by atoms with Gasteiger partial charge in [-0.15, -0.1) is 0 Å². The molecule has 1 rings (SSSR count). The molecule has 0 radical (unpaired) electrons. The second-order valence-corrected chi connectivity index (χ2v) is 7.00. The highest BCUT2D eigenvalue weighted by Crippen LogP contribution is 2.22. The summed E-state index contributed by atoms with van der Waals surface area (Å²) in [4.78, 5) is 0.00725. The summed E-state index contributed by atoms with van der Waals surface area (Å²) in [5.41, 5.74) is 5.81. The van der Waals surface area contributed by atoms with E-state index in [9.17, 15) is 13.5 Å². The molecule has 0 fully saturated rings. The quantitative estimate of drug-likeness (QED) is 0.707. The van der Waals surface area contributed by atoms with Crippen LogP contribution in [-0.4, -0.2) is 26.2 Å². The maximum Gasteiger partial charge on any atom is 0.242 e. The van der Waals surface area contributed by atoms with Gasteiger partial charge in [-0.3, -0.25) is 0 Å². The van der Waals surface area contributed by atoms with E-state index < -0.39 is 16.1 Å². The molecule has 4 N–H and O–H groups in total. The highest BCUT2D eigenvalue weighted by Gasteiger charge is 2.20. The first-order chi connectivity index (χ1) is 8.24. The van der Waals surface area contributed by atoms with E-state index in [1.165, 1.54) is 12.1 Å². The standard InChI is InChI=1S/C11H17BrN2O3S/c1-7(2)10(15)6-14-18(16,17)11-5-8(12)3-4-9(11)13/h3-5,7,10,14-15H,6,13H2,1-2H3. The Balaban J connectivity index is 2.90. The normalized spacial score (nSPS) is 13.8. The molecule has 0 aliphatic carbocycles. The number of hydrogen-bond acceptors (Lipinski definition) is 4. The maximum absolute atomic E-state index is 12.0. The summed E-state index contributed by atoms with van der Waals surface area (Å²) in [6, 6.07) is 4.61. The van der Waals surface area contributed by atoms with Crippen molar-refractivity contribution in [2.75, 3.05) is 12.3 Å². The van der Waals surface area contributed by atoms with Crippen LogP contribution in [0.2, 0.25) is 0 Å². The Morgan fingerprint density at radius 3 is 2.61 bits per heavy atom. The third kappa shape index (κ3) is 3.94. The minimum Gasteiger partial charge on any atom is -0.398 e. The third-order valence-corrected chi connectivity index (χ3v) is 4.49. The highest BCUT2D eigenvalue weighted by molar-refractivity contribution is 9.10. The Hall–Kier alpha value is -0.630. The molecule has 0 bridgehead atoms. The first-order valence-electron chi connectivity index (χ1n) is 5.47. The molecule has 1 aromatic rings. The molecule has 0 saturated heterocycles. The van der Waals surface area contributed by atoms with Gasteiger partial charge in [0.2, 0.25) is 10.0 Å². The first-order valence-corrected chi connectivity index (χ1v) is 7.74. The van der Waals surface area contributed by atoms with Crippen LogP contribution in [0.1, 0.15) is 13.8 Å². The van der Waals surface area contributed by atoms with Crippen LogP contribution in [0.3, 0.4) is 0 Å². The maximum atomic E-state index is 12.0. The summed E-state index contributed by atoms with van der Waals surface area (Å²) >= 11 is 3.19. The van der Waals surface area contributed by atoms with Crippen LogP contribution in [0, 0.1) is 5.92 Å². The lowest BCUT2D eigenvalue weighted by atomic mass is 10.1. The minimum absolute atomic E-state index is 0.00725. The van der Waals surface area contributed by atoms with Gasteiger partial charge in [0.05, 0.1) is 11.8 Å². The van der Waals surface area contributed by atoms with E-state index in [-0.39, 0.29) is 23.0 Å². The van der Waals surface area contributed by atoms with Crippen LogP contribution in [0.25, 0.3) is 0 Å². The van der Waals surface area contributed by atoms with E-state index in [4.69, 9.17) is 5.73 Å². The summed E-state index contributed by atoms with van der Waals surface area (Å²) in [6.45, 7) is 3.59. The van der Waals surface area contributed by atoms with Crippen molar-refractivity contribution in [3.63, 3.8) is 0 Å². The van der Waals surface area contributed by atoms with E-state index in [0.29, 0.717) is 4.47 Å². The van der Waals surface area contributed by atoms with Gasteiger partial charge < -0.3 is 10.8 Å². The molecule has 5 nitrogen and oxygen atoms in total. The molecule has 0 heterocycles. The molecule has 1 unspecified atom stereocenters. The molecule has 102 valence electrons. The topological polar surface area (TPSA) is 92.4 Å². The van der Waals surface area contributed by atoms with Crippen molar-refractivity contribution >= 4 is 31.6 Å². The van der Waals surface area contributed by atoms with Gasteiger partial charge in [-0.25, -0.2) is 13.1 Å². The number of sulfonamides is 1. The van der Waals surface area contributed by atoms with Crippen LogP contribution in [0.5, 0.6) is 0 Å². The average molecular weight is 337 g/mol. The molecule has 0 saturated carbocycles. The average Bonchev–Trinajstić information content (AvgIpc) is 2.29. The summed E-state index contributed by atoms with van der Waals surface area (Å²) in [7, 11) is -3.71. The second-order valence-electron chi connectivity index (χ2n) is 4.35. The van der Waals surface area contributed by atoms with Gasteiger partial charge in [-0.05, 0) is 24.1 Å². The number of rotatable bonds is 5. The summed E-state index contributed by atoms with van der Waals surface area (Å²) in [5, 5.41) is 9.59. The van der Waals surface area contributed by atoms with E-state index in [1.54, 1.807) is 6.07 Å². The van der Waals surface area contributed by atoms with E-state index in [0.717, 1.165) is 0 Å². The number of nitrogens with one attached hydrogen (secondary N) is 1. The Morgan fingerprint density at radius 1 is 1.44 bits per heavy atom. The number of nitrogens with two attached hydrogens (primary N) is 1. The van der Waals surface area contributed by atoms with Crippen LogP contribution in [0.15, 0.2) is 27.6 Å². The predicted molar refractivity (Wildman–Crippen MR) is 74.6 cm³/mol. The fourth-order valence-corrected chi connectivity index (χ4v) is 2.97. The Labute approximate surface area is 116 Å². The van der Waals surface area contributed by atoms with Crippen molar-refractivity contribution in [2.45, 2.75) is 24.8 Å². The first kappa shape index (κ1) is 15.4. The number of halogens is 1. The number of hydrogen-bond donors (Lipinski definition) is 3.